The van der Waals surface area contributed by atoms with Gasteiger partial charge in [0.25, 0.3) is 5.91 Å². The number of rotatable bonds is 9. The molecule has 0 spiro atoms. The molecule has 0 saturated carbocycles. The zero-order chi connectivity index (χ0) is 25.7. The fourth-order valence-electron chi connectivity index (χ4n) is 3.49. The predicted octanol–water partition coefficient (Wildman–Crippen LogP) is 7.08. The smallest absolute Gasteiger partial charge is 0.258 e. The lowest BCUT2D eigenvalue weighted by molar-refractivity contribution is -0.123. The Morgan fingerprint density at radius 1 is 1.03 bits per heavy atom. The monoisotopic (exact) mass is 560 g/mol. The Labute approximate surface area is 228 Å². The standard InChI is InChI=1S/C26H23Cl3N4O2S/c1-16-5-3-4-6-18(16)15-36-26-32-31-25(33(26)23-12-9-20(28)13-22(23)29)17(2)30-24(34)14-35-21-10-7-19(27)8-11-21/h3-13,17H,14-15H2,1-2H3,(H,30,34). The van der Waals surface area contributed by atoms with Crippen molar-refractivity contribution in [2.45, 2.75) is 30.8 Å². The molecule has 3 aromatic carbocycles. The first-order chi connectivity index (χ1) is 17.3. The molecule has 0 radical (unpaired) electrons. The second-order valence-corrected chi connectivity index (χ2v) is 10.2. The Morgan fingerprint density at radius 3 is 2.47 bits per heavy atom. The molecule has 0 aliphatic rings. The Bertz CT molecular complexity index is 1360. The second kappa shape index (κ2) is 12.0. The van der Waals surface area contributed by atoms with Crippen molar-refractivity contribution in [2.75, 3.05) is 6.61 Å². The molecule has 4 aromatic rings. The van der Waals surface area contributed by atoms with Crippen LogP contribution in [-0.2, 0) is 10.5 Å². The van der Waals surface area contributed by atoms with E-state index in [1.54, 1.807) is 36.4 Å². The van der Waals surface area contributed by atoms with E-state index in [9.17, 15) is 4.79 Å². The number of carbonyl (C=O) groups is 1. The van der Waals surface area contributed by atoms with Crippen LogP contribution in [0.3, 0.4) is 0 Å². The zero-order valence-electron chi connectivity index (χ0n) is 19.5. The van der Waals surface area contributed by atoms with Gasteiger partial charge in [-0.3, -0.25) is 9.36 Å². The van der Waals surface area contributed by atoms with Crippen molar-refractivity contribution >= 4 is 52.5 Å². The maximum Gasteiger partial charge on any atom is 0.258 e. The predicted molar refractivity (Wildman–Crippen MR) is 146 cm³/mol. The summed E-state index contributed by atoms with van der Waals surface area (Å²) in [5.74, 6) is 1.48. The van der Waals surface area contributed by atoms with Gasteiger partial charge >= 0.3 is 0 Å². The van der Waals surface area contributed by atoms with E-state index in [0.29, 0.717) is 43.2 Å². The van der Waals surface area contributed by atoms with Crippen molar-refractivity contribution in [3.8, 4) is 11.4 Å². The van der Waals surface area contributed by atoms with Gasteiger partial charge in [0, 0.05) is 15.8 Å². The molecule has 0 aliphatic carbocycles. The van der Waals surface area contributed by atoms with Gasteiger partial charge in [0.1, 0.15) is 5.75 Å². The van der Waals surface area contributed by atoms with Crippen LogP contribution >= 0.6 is 46.6 Å². The van der Waals surface area contributed by atoms with Gasteiger partial charge in [-0.25, -0.2) is 0 Å². The summed E-state index contributed by atoms with van der Waals surface area (Å²) in [6.45, 7) is 3.75. The Kier molecular flexibility index (Phi) is 8.80. The quantitative estimate of drug-likeness (QED) is 0.221. The van der Waals surface area contributed by atoms with Crippen molar-refractivity contribution in [3.63, 3.8) is 0 Å². The molecule has 1 N–H and O–H groups in total. The minimum Gasteiger partial charge on any atom is -0.484 e. The van der Waals surface area contributed by atoms with E-state index in [4.69, 9.17) is 39.5 Å². The van der Waals surface area contributed by atoms with Crippen LogP contribution in [0.1, 0.15) is 29.9 Å². The minimum absolute atomic E-state index is 0.156. The molecule has 1 aromatic heterocycles. The van der Waals surface area contributed by atoms with Gasteiger partial charge in [0.05, 0.1) is 16.8 Å². The van der Waals surface area contributed by atoms with Crippen molar-refractivity contribution < 1.29 is 9.53 Å². The first-order valence-corrected chi connectivity index (χ1v) is 13.2. The van der Waals surface area contributed by atoms with E-state index in [1.165, 1.54) is 22.9 Å². The summed E-state index contributed by atoms with van der Waals surface area (Å²) in [6, 6.07) is 19.8. The van der Waals surface area contributed by atoms with Crippen LogP contribution in [0.5, 0.6) is 5.75 Å². The number of thioether (sulfide) groups is 1. The van der Waals surface area contributed by atoms with Crippen LogP contribution in [0.25, 0.3) is 5.69 Å². The lowest BCUT2D eigenvalue weighted by Gasteiger charge is -2.17. The number of carbonyl (C=O) groups excluding carboxylic acids is 1. The highest BCUT2D eigenvalue weighted by atomic mass is 35.5. The summed E-state index contributed by atoms with van der Waals surface area (Å²) in [6.07, 6.45) is 0. The van der Waals surface area contributed by atoms with Gasteiger partial charge in [-0.2, -0.15) is 0 Å². The average molecular weight is 562 g/mol. The third-order valence-electron chi connectivity index (χ3n) is 5.38. The summed E-state index contributed by atoms with van der Waals surface area (Å²) >= 11 is 20.1. The molecule has 0 saturated heterocycles. The first-order valence-electron chi connectivity index (χ1n) is 11.1. The molecule has 1 atom stereocenters. The lowest BCUT2D eigenvalue weighted by Crippen LogP contribution is -2.32. The second-order valence-electron chi connectivity index (χ2n) is 8.02. The van der Waals surface area contributed by atoms with Gasteiger partial charge in [0.2, 0.25) is 0 Å². The largest absolute Gasteiger partial charge is 0.484 e. The van der Waals surface area contributed by atoms with Gasteiger partial charge in [0.15, 0.2) is 17.6 Å². The topological polar surface area (TPSA) is 69.0 Å². The summed E-state index contributed by atoms with van der Waals surface area (Å²) in [5.41, 5.74) is 3.07. The highest BCUT2D eigenvalue weighted by Gasteiger charge is 2.23. The molecule has 0 aliphatic heterocycles. The number of halogens is 3. The minimum atomic E-state index is -0.474. The van der Waals surface area contributed by atoms with Crippen LogP contribution in [0.15, 0.2) is 71.9 Å². The van der Waals surface area contributed by atoms with Crippen LogP contribution in [0, 0.1) is 6.92 Å². The number of hydrogen-bond acceptors (Lipinski definition) is 5. The Balaban J connectivity index is 1.55. The van der Waals surface area contributed by atoms with Crippen molar-refractivity contribution in [1.82, 2.24) is 20.1 Å². The molecule has 4 rings (SSSR count). The Morgan fingerprint density at radius 2 is 1.75 bits per heavy atom. The molecule has 0 bridgehead atoms. The summed E-state index contributed by atoms with van der Waals surface area (Å²) in [4.78, 5) is 12.6. The number of benzene rings is 3. The normalized spacial score (nSPS) is 11.8. The van der Waals surface area contributed by atoms with Gasteiger partial charge in [-0.15, -0.1) is 10.2 Å². The number of aryl methyl sites for hydroxylation is 1. The molecule has 0 fully saturated rings. The number of nitrogens with one attached hydrogen (secondary N) is 1. The maximum atomic E-state index is 12.6. The van der Waals surface area contributed by atoms with Gasteiger partial charge in [-0.05, 0) is 67.4 Å². The van der Waals surface area contributed by atoms with Crippen LogP contribution in [-0.4, -0.2) is 27.3 Å². The number of ether oxygens (including phenoxy) is 1. The number of aromatic nitrogens is 3. The van der Waals surface area contributed by atoms with Crippen LogP contribution in [0.2, 0.25) is 15.1 Å². The fourth-order valence-corrected chi connectivity index (χ4v) is 5.13. The molecule has 6 nitrogen and oxygen atoms in total. The maximum absolute atomic E-state index is 12.6. The fraction of sp³-hybridized carbons (Fsp3) is 0.192. The van der Waals surface area contributed by atoms with Crippen LogP contribution in [0.4, 0.5) is 0 Å². The molecular formula is C26H23Cl3N4O2S. The molecule has 1 amide bonds. The highest BCUT2D eigenvalue weighted by molar-refractivity contribution is 7.98. The number of nitrogens with zero attached hydrogens (tertiary/aromatic N) is 3. The molecule has 10 heteroatoms. The molecule has 36 heavy (non-hydrogen) atoms. The van der Waals surface area contributed by atoms with Crippen molar-refractivity contribution in [1.29, 1.82) is 0 Å². The SMILES string of the molecule is Cc1ccccc1CSc1nnc(C(C)NC(=O)COc2ccc(Cl)cc2)n1-c1ccc(Cl)cc1Cl. The summed E-state index contributed by atoms with van der Waals surface area (Å²) in [5, 5.41) is 14.0. The Hall–Kier alpha value is -2.71. The van der Waals surface area contributed by atoms with Crippen molar-refractivity contribution in [3.05, 3.63) is 98.7 Å². The van der Waals surface area contributed by atoms with Crippen LogP contribution < -0.4 is 10.1 Å². The number of hydrogen-bond donors (Lipinski definition) is 1. The van der Waals surface area contributed by atoms with E-state index >= 15 is 0 Å². The van der Waals surface area contributed by atoms with E-state index in [-0.39, 0.29) is 12.5 Å². The third kappa shape index (κ3) is 6.53. The molecular weight excluding hydrogens is 539 g/mol. The lowest BCUT2D eigenvalue weighted by atomic mass is 10.1. The zero-order valence-corrected chi connectivity index (χ0v) is 22.6. The first kappa shape index (κ1) is 26.4. The van der Waals surface area contributed by atoms with E-state index in [1.807, 2.05) is 29.7 Å². The number of amides is 1. The summed E-state index contributed by atoms with van der Waals surface area (Å²) < 4.78 is 7.41. The van der Waals surface area contributed by atoms with E-state index in [0.717, 1.165) is 0 Å². The van der Waals surface area contributed by atoms with Gasteiger partial charge < -0.3 is 10.1 Å². The average Bonchev–Trinajstić information content (AvgIpc) is 3.27. The van der Waals surface area contributed by atoms with Gasteiger partial charge in [-0.1, -0.05) is 70.8 Å². The third-order valence-corrected chi connectivity index (χ3v) is 7.14. The molecule has 1 unspecified atom stereocenters. The van der Waals surface area contributed by atoms with E-state index < -0.39 is 6.04 Å². The molecule has 1 heterocycles. The molecule has 186 valence electrons. The summed E-state index contributed by atoms with van der Waals surface area (Å²) in [7, 11) is 0. The highest BCUT2D eigenvalue weighted by Crippen LogP contribution is 2.32. The van der Waals surface area contributed by atoms with E-state index in [2.05, 4.69) is 34.6 Å². The van der Waals surface area contributed by atoms with Crippen molar-refractivity contribution in [2.24, 2.45) is 0 Å².